The zero-order chi connectivity index (χ0) is 26.3. The second kappa shape index (κ2) is 11.7. The molecule has 0 N–H and O–H groups in total. The first-order chi connectivity index (χ1) is 16.9. The lowest BCUT2D eigenvalue weighted by Gasteiger charge is -2.41. The molecule has 0 spiro atoms. The maximum absolute atomic E-state index is 12.9. The molecule has 3 rings (SSSR count). The van der Waals surface area contributed by atoms with Gasteiger partial charge in [0.15, 0.2) is 0 Å². The van der Waals surface area contributed by atoms with Crippen LogP contribution in [-0.4, -0.2) is 59.9 Å². The van der Waals surface area contributed by atoms with Crippen molar-refractivity contribution in [3.63, 3.8) is 0 Å². The molecular formula is C29H40N2O5. The van der Waals surface area contributed by atoms with Crippen LogP contribution in [0.5, 0.6) is 5.75 Å². The summed E-state index contributed by atoms with van der Waals surface area (Å²) < 4.78 is 17.1. The van der Waals surface area contributed by atoms with Gasteiger partial charge in [0.1, 0.15) is 18.0 Å². The summed E-state index contributed by atoms with van der Waals surface area (Å²) in [6.07, 6.45) is -0.200. The van der Waals surface area contributed by atoms with Crippen molar-refractivity contribution in [1.82, 2.24) is 9.80 Å². The molecule has 0 bridgehead atoms. The Kier molecular flexibility index (Phi) is 8.88. The predicted molar refractivity (Wildman–Crippen MR) is 140 cm³/mol. The molecule has 1 aliphatic heterocycles. The van der Waals surface area contributed by atoms with Crippen LogP contribution < -0.4 is 4.74 Å². The number of carbonyl (C=O) groups is 2. The van der Waals surface area contributed by atoms with E-state index in [-0.39, 0.29) is 30.3 Å². The SMILES string of the molecule is CC(C)(C)OC(=O)N1CCN(C(=O)OCc2ccccc2)C[C@H]1CCOc1ccc(C(C)(C)C)cc1. The van der Waals surface area contributed by atoms with Crippen LogP contribution in [0.2, 0.25) is 0 Å². The normalized spacial score (nSPS) is 16.4. The van der Waals surface area contributed by atoms with Gasteiger partial charge in [-0.2, -0.15) is 0 Å². The molecule has 0 unspecified atom stereocenters. The molecule has 0 aliphatic carbocycles. The Labute approximate surface area is 215 Å². The standard InChI is InChI=1S/C29H40N2O5/c1-28(2,3)23-12-14-25(15-13-23)34-19-16-24-20-30(17-18-31(24)27(33)36-29(4,5)6)26(32)35-21-22-10-8-7-9-11-22/h7-15,24H,16-21H2,1-6H3/t24-/m1/s1. The van der Waals surface area contributed by atoms with Gasteiger partial charge in [0, 0.05) is 26.1 Å². The van der Waals surface area contributed by atoms with E-state index in [0.29, 0.717) is 32.7 Å². The largest absolute Gasteiger partial charge is 0.494 e. The predicted octanol–water partition coefficient (Wildman–Crippen LogP) is 6.01. The van der Waals surface area contributed by atoms with E-state index in [4.69, 9.17) is 14.2 Å². The first-order valence-electron chi connectivity index (χ1n) is 12.6. The van der Waals surface area contributed by atoms with Crippen molar-refractivity contribution in [3.05, 3.63) is 65.7 Å². The number of rotatable bonds is 6. The summed E-state index contributed by atoms with van der Waals surface area (Å²) in [6, 6.07) is 17.4. The summed E-state index contributed by atoms with van der Waals surface area (Å²) in [5.74, 6) is 0.779. The van der Waals surface area contributed by atoms with Crippen molar-refractivity contribution in [2.45, 2.75) is 71.6 Å². The van der Waals surface area contributed by atoms with Crippen LogP contribution in [0.1, 0.15) is 59.1 Å². The summed E-state index contributed by atoms with van der Waals surface area (Å²) in [4.78, 5) is 29.0. The van der Waals surface area contributed by atoms with Crippen molar-refractivity contribution in [3.8, 4) is 5.75 Å². The van der Waals surface area contributed by atoms with E-state index < -0.39 is 5.60 Å². The Morgan fingerprint density at radius 2 is 1.56 bits per heavy atom. The van der Waals surface area contributed by atoms with Crippen molar-refractivity contribution in [1.29, 1.82) is 0 Å². The third kappa shape index (κ3) is 8.18. The van der Waals surface area contributed by atoms with Gasteiger partial charge in [-0.3, -0.25) is 0 Å². The highest BCUT2D eigenvalue weighted by molar-refractivity contribution is 5.71. The van der Waals surface area contributed by atoms with Crippen LogP contribution in [0.4, 0.5) is 9.59 Å². The molecule has 1 atom stereocenters. The van der Waals surface area contributed by atoms with Gasteiger partial charge < -0.3 is 24.0 Å². The molecule has 196 valence electrons. The van der Waals surface area contributed by atoms with Gasteiger partial charge in [-0.1, -0.05) is 63.2 Å². The maximum atomic E-state index is 12.9. The van der Waals surface area contributed by atoms with Crippen LogP contribution in [0.3, 0.4) is 0 Å². The van der Waals surface area contributed by atoms with E-state index in [1.54, 1.807) is 9.80 Å². The molecule has 1 heterocycles. The highest BCUT2D eigenvalue weighted by atomic mass is 16.6. The van der Waals surface area contributed by atoms with Gasteiger partial charge >= 0.3 is 12.2 Å². The van der Waals surface area contributed by atoms with Crippen molar-refractivity contribution >= 4 is 12.2 Å². The molecule has 7 nitrogen and oxygen atoms in total. The zero-order valence-electron chi connectivity index (χ0n) is 22.5. The van der Waals surface area contributed by atoms with Crippen LogP contribution in [0.15, 0.2) is 54.6 Å². The third-order valence-electron chi connectivity index (χ3n) is 6.01. The third-order valence-corrected chi connectivity index (χ3v) is 6.01. The summed E-state index contributed by atoms with van der Waals surface area (Å²) in [6.45, 7) is 13.8. The molecule has 2 aromatic carbocycles. The topological polar surface area (TPSA) is 68.3 Å². The first kappa shape index (κ1) is 27.4. The Morgan fingerprint density at radius 3 is 2.17 bits per heavy atom. The van der Waals surface area contributed by atoms with E-state index in [1.807, 2.05) is 63.2 Å². The van der Waals surface area contributed by atoms with Gasteiger partial charge in [0.2, 0.25) is 0 Å². The minimum atomic E-state index is -0.599. The van der Waals surface area contributed by atoms with Gasteiger partial charge in [-0.15, -0.1) is 0 Å². The molecule has 1 fully saturated rings. The number of ether oxygens (including phenoxy) is 3. The summed E-state index contributed by atoms with van der Waals surface area (Å²) in [5, 5.41) is 0. The van der Waals surface area contributed by atoms with Gasteiger partial charge in [-0.25, -0.2) is 9.59 Å². The van der Waals surface area contributed by atoms with Crippen LogP contribution in [-0.2, 0) is 21.5 Å². The summed E-state index contributed by atoms with van der Waals surface area (Å²) in [7, 11) is 0. The van der Waals surface area contributed by atoms with Crippen molar-refractivity contribution in [2.24, 2.45) is 0 Å². The maximum Gasteiger partial charge on any atom is 0.410 e. The fourth-order valence-electron chi connectivity index (χ4n) is 4.00. The number of amides is 2. The molecule has 0 saturated carbocycles. The van der Waals surface area contributed by atoms with Crippen molar-refractivity contribution in [2.75, 3.05) is 26.2 Å². The molecular weight excluding hydrogens is 456 g/mol. The van der Waals surface area contributed by atoms with E-state index >= 15 is 0 Å². The second-order valence-electron chi connectivity index (χ2n) is 11.2. The Hall–Kier alpha value is -3.22. The fourth-order valence-corrected chi connectivity index (χ4v) is 4.00. The van der Waals surface area contributed by atoms with E-state index in [1.165, 1.54) is 5.56 Å². The molecule has 0 aromatic heterocycles. The van der Waals surface area contributed by atoms with Gasteiger partial charge in [-0.05, 0) is 49.4 Å². The smallest absolute Gasteiger partial charge is 0.410 e. The Balaban J connectivity index is 1.61. The molecule has 0 radical (unpaired) electrons. The minimum absolute atomic E-state index is 0.0765. The molecule has 36 heavy (non-hydrogen) atoms. The monoisotopic (exact) mass is 496 g/mol. The van der Waals surface area contributed by atoms with Crippen LogP contribution in [0.25, 0.3) is 0 Å². The number of benzene rings is 2. The Bertz CT molecular complexity index is 993. The lowest BCUT2D eigenvalue weighted by molar-refractivity contribution is -0.00614. The van der Waals surface area contributed by atoms with E-state index in [2.05, 4.69) is 32.9 Å². The van der Waals surface area contributed by atoms with Crippen LogP contribution >= 0.6 is 0 Å². The van der Waals surface area contributed by atoms with Crippen molar-refractivity contribution < 1.29 is 23.8 Å². The minimum Gasteiger partial charge on any atom is -0.494 e. The molecule has 2 aromatic rings. The molecule has 1 saturated heterocycles. The summed E-state index contributed by atoms with van der Waals surface area (Å²) >= 11 is 0. The zero-order valence-corrected chi connectivity index (χ0v) is 22.5. The number of hydrogen-bond donors (Lipinski definition) is 0. The number of carbonyl (C=O) groups excluding carboxylic acids is 2. The highest BCUT2D eigenvalue weighted by Crippen LogP contribution is 2.25. The fraction of sp³-hybridized carbons (Fsp3) is 0.517. The number of nitrogens with zero attached hydrogens (tertiary/aromatic N) is 2. The highest BCUT2D eigenvalue weighted by Gasteiger charge is 2.35. The van der Waals surface area contributed by atoms with Gasteiger partial charge in [0.05, 0.1) is 12.6 Å². The van der Waals surface area contributed by atoms with Gasteiger partial charge in [0.25, 0.3) is 0 Å². The van der Waals surface area contributed by atoms with E-state index in [9.17, 15) is 9.59 Å². The number of hydrogen-bond acceptors (Lipinski definition) is 5. The van der Waals surface area contributed by atoms with Crippen LogP contribution in [0, 0.1) is 0 Å². The average molecular weight is 497 g/mol. The first-order valence-corrected chi connectivity index (χ1v) is 12.6. The molecule has 1 aliphatic rings. The number of piperazine rings is 1. The second-order valence-corrected chi connectivity index (χ2v) is 11.2. The van der Waals surface area contributed by atoms with E-state index in [0.717, 1.165) is 11.3 Å². The Morgan fingerprint density at radius 1 is 0.889 bits per heavy atom. The molecule has 7 heteroatoms. The lowest BCUT2D eigenvalue weighted by Crippen LogP contribution is -2.57. The summed E-state index contributed by atoms with van der Waals surface area (Å²) in [5.41, 5.74) is 1.65. The average Bonchev–Trinajstić information content (AvgIpc) is 2.82. The lowest BCUT2D eigenvalue weighted by atomic mass is 9.87. The quantitative estimate of drug-likeness (QED) is 0.490. The molecule has 2 amide bonds.